The molecule has 0 aliphatic rings. The summed E-state index contributed by atoms with van der Waals surface area (Å²) in [5.74, 6) is 0. The molecule has 0 nitrogen and oxygen atoms in total. The van der Waals surface area contributed by atoms with Gasteiger partial charge in [0.2, 0.25) is 0 Å². The van der Waals surface area contributed by atoms with Crippen LogP contribution in [0, 0.1) is 0 Å². The Morgan fingerprint density at radius 3 is 2.20 bits per heavy atom. The summed E-state index contributed by atoms with van der Waals surface area (Å²) in [5, 5.41) is 2.26. The van der Waals surface area contributed by atoms with Crippen molar-refractivity contribution in [1.29, 1.82) is 0 Å². The minimum absolute atomic E-state index is 0.339. The minimum Gasteiger partial charge on any atom is -0.0760 e. The topological polar surface area (TPSA) is 0 Å². The van der Waals surface area contributed by atoms with Gasteiger partial charge in [0.25, 0.3) is 0 Å². The molecule has 4 heteroatoms. The Kier molecular flexibility index (Phi) is 2.91. The van der Waals surface area contributed by atoms with E-state index in [1.165, 1.54) is 4.88 Å². The van der Waals surface area contributed by atoms with Crippen LogP contribution < -0.4 is 0 Å². The van der Waals surface area contributed by atoms with Crippen LogP contribution in [0.2, 0.25) is 0 Å². The van der Waals surface area contributed by atoms with Gasteiger partial charge in [0.15, 0.2) is 0 Å². The van der Waals surface area contributed by atoms with Gasteiger partial charge in [-0.05, 0) is 24.1 Å². The Balaban J connectivity index is 2.97. The summed E-state index contributed by atoms with van der Waals surface area (Å²) in [6, 6.07) is 0. The lowest BCUT2D eigenvalue weighted by atomic mass is 9.96. The molecule has 0 saturated heterocycles. The highest BCUT2D eigenvalue weighted by atomic mass is 33.4. The second kappa shape index (κ2) is 3.34. The molecule has 0 atom stereocenters. The molecule has 0 aliphatic heterocycles. The predicted molar refractivity (Wildman–Crippen MR) is 54.3 cm³/mol. The first-order chi connectivity index (χ1) is 4.61. The van der Waals surface area contributed by atoms with Crippen LogP contribution in [-0.2, 0) is 5.41 Å². The van der Waals surface area contributed by atoms with Crippen molar-refractivity contribution in [3.63, 3.8) is 0 Å². The molecule has 10 heavy (non-hydrogen) atoms. The van der Waals surface area contributed by atoms with Crippen molar-refractivity contribution in [3.8, 4) is 0 Å². The summed E-state index contributed by atoms with van der Waals surface area (Å²) in [7, 11) is 7.41. The monoisotopic (exact) mass is 210 g/mol. The number of hydrogen-bond donors (Lipinski definition) is 0. The van der Waals surface area contributed by atoms with E-state index in [1.807, 2.05) is 39.4 Å². The number of rotatable bonds is 0. The fourth-order valence-electron chi connectivity index (χ4n) is 0.451. The molecule has 1 aromatic rings. The fraction of sp³-hybridized carbons (Fsp3) is 0.667. The fourth-order valence-corrected chi connectivity index (χ4v) is 6.88. The molecule has 0 unspecified atom stereocenters. The Morgan fingerprint density at radius 1 is 1.20 bits per heavy atom. The van der Waals surface area contributed by atoms with E-state index in [0.717, 1.165) is 0 Å². The zero-order valence-electron chi connectivity index (χ0n) is 6.21. The van der Waals surface area contributed by atoms with E-state index in [9.17, 15) is 0 Å². The van der Waals surface area contributed by atoms with Gasteiger partial charge < -0.3 is 0 Å². The second-order valence-electron chi connectivity index (χ2n) is 3.05. The van der Waals surface area contributed by atoms with E-state index in [1.54, 1.807) is 0 Å². The molecule has 1 aromatic heterocycles. The van der Waals surface area contributed by atoms with Crippen molar-refractivity contribution in [3.05, 3.63) is 10.3 Å². The molecule has 0 aromatic carbocycles. The third kappa shape index (κ3) is 2.34. The van der Waals surface area contributed by atoms with Crippen molar-refractivity contribution in [2.75, 3.05) is 0 Å². The van der Waals surface area contributed by atoms with E-state index in [0.29, 0.717) is 5.41 Å². The molecule has 0 bridgehead atoms. The highest BCUT2D eigenvalue weighted by Crippen LogP contribution is 2.31. The van der Waals surface area contributed by atoms with Gasteiger partial charge in [-0.3, -0.25) is 0 Å². The maximum atomic E-state index is 2.26. The van der Waals surface area contributed by atoms with Crippen LogP contribution in [0.25, 0.3) is 0 Å². The summed E-state index contributed by atoms with van der Waals surface area (Å²) in [6.07, 6.45) is 0. The Hall–Kier alpha value is 0.620. The van der Waals surface area contributed by atoms with Gasteiger partial charge >= 0.3 is 0 Å². The molecule has 0 fully saturated rings. The first-order valence-electron chi connectivity index (χ1n) is 2.98. The molecule has 0 saturated carbocycles. The average Bonchev–Trinajstić information content (AvgIpc) is 1.88. The van der Waals surface area contributed by atoms with Crippen molar-refractivity contribution in [2.24, 2.45) is 0 Å². The normalized spacial score (nSPS) is 11.5. The summed E-state index contributed by atoms with van der Waals surface area (Å²) >= 11 is 0. The van der Waals surface area contributed by atoms with Crippen molar-refractivity contribution >= 4 is 39.4 Å². The van der Waals surface area contributed by atoms with Crippen LogP contribution in [0.5, 0.6) is 0 Å². The molecule has 1 heterocycles. The smallest absolute Gasteiger partial charge is 0.0321 e. The van der Waals surface area contributed by atoms with Gasteiger partial charge in [0.1, 0.15) is 0 Å². The summed E-state index contributed by atoms with van der Waals surface area (Å²) in [4.78, 5) is 1.49. The van der Waals surface area contributed by atoms with Gasteiger partial charge in [0, 0.05) is 10.3 Å². The van der Waals surface area contributed by atoms with Gasteiger partial charge in [-0.1, -0.05) is 41.5 Å². The molecule has 1 rings (SSSR count). The van der Waals surface area contributed by atoms with Gasteiger partial charge in [-0.2, -0.15) is 0 Å². The SMILES string of the molecule is CC(C)(C)c1cssss1. The molecule has 0 spiro atoms. The largest absolute Gasteiger partial charge is 0.0760 e. The lowest BCUT2D eigenvalue weighted by molar-refractivity contribution is 0.605. The Bertz CT molecular complexity index is 201. The van der Waals surface area contributed by atoms with Crippen LogP contribution in [-0.4, -0.2) is 0 Å². The first kappa shape index (κ1) is 8.71. The third-order valence-electron chi connectivity index (χ3n) is 1.09. The van der Waals surface area contributed by atoms with Crippen LogP contribution in [0.3, 0.4) is 0 Å². The van der Waals surface area contributed by atoms with E-state index in [4.69, 9.17) is 0 Å². The Labute approximate surface area is 75.6 Å². The van der Waals surface area contributed by atoms with Crippen LogP contribution in [0.4, 0.5) is 0 Å². The van der Waals surface area contributed by atoms with Crippen molar-refractivity contribution in [2.45, 2.75) is 26.2 Å². The highest BCUT2D eigenvalue weighted by molar-refractivity contribution is 8.07. The lowest BCUT2D eigenvalue weighted by Crippen LogP contribution is -2.08. The van der Waals surface area contributed by atoms with Gasteiger partial charge in [-0.15, -0.1) is 0 Å². The third-order valence-corrected chi connectivity index (χ3v) is 7.43. The zero-order chi connectivity index (χ0) is 7.61. The molecule has 0 radical (unpaired) electrons. The summed E-state index contributed by atoms with van der Waals surface area (Å²) < 4.78 is 0. The van der Waals surface area contributed by atoms with E-state index < -0.39 is 0 Å². The minimum atomic E-state index is 0.339. The molecular formula is C6H10S4. The maximum Gasteiger partial charge on any atom is 0.0321 e. The van der Waals surface area contributed by atoms with E-state index in [2.05, 4.69) is 26.2 Å². The zero-order valence-corrected chi connectivity index (χ0v) is 9.48. The maximum absolute atomic E-state index is 2.26. The second-order valence-corrected chi connectivity index (χ2v) is 8.70. The highest BCUT2D eigenvalue weighted by Gasteiger charge is 2.13. The predicted octanol–water partition coefficient (Wildman–Crippen LogP) is 4.35. The molecule has 58 valence electrons. The summed E-state index contributed by atoms with van der Waals surface area (Å²) in [5.41, 5.74) is 0.339. The van der Waals surface area contributed by atoms with Crippen molar-refractivity contribution in [1.82, 2.24) is 0 Å². The van der Waals surface area contributed by atoms with Crippen LogP contribution in [0.1, 0.15) is 25.6 Å². The van der Waals surface area contributed by atoms with Crippen LogP contribution in [0.15, 0.2) is 5.38 Å². The first-order valence-corrected chi connectivity index (χ1v) is 7.86. The molecule has 0 N–H and O–H groups in total. The average molecular weight is 210 g/mol. The standard InChI is InChI=1S/C6H10S4/c1-6(2,3)5-4-7-9-10-8-5/h4H,1-3H3. The summed E-state index contributed by atoms with van der Waals surface area (Å²) in [6.45, 7) is 6.76. The van der Waals surface area contributed by atoms with Crippen LogP contribution >= 0.6 is 39.4 Å². The quantitative estimate of drug-likeness (QED) is 0.558. The molecule has 0 amide bonds. The Morgan fingerprint density at radius 2 is 1.90 bits per heavy atom. The lowest BCUT2D eigenvalue weighted by Gasteiger charge is -2.15. The van der Waals surface area contributed by atoms with Crippen molar-refractivity contribution < 1.29 is 0 Å². The molecule has 0 aliphatic carbocycles. The van der Waals surface area contributed by atoms with Gasteiger partial charge in [-0.25, -0.2) is 0 Å². The molecular weight excluding hydrogens is 200 g/mol. The van der Waals surface area contributed by atoms with E-state index in [-0.39, 0.29) is 0 Å². The van der Waals surface area contributed by atoms with E-state index >= 15 is 0 Å². The van der Waals surface area contributed by atoms with Gasteiger partial charge in [0.05, 0.1) is 0 Å². The number of hydrogen-bond acceptors (Lipinski definition) is 4.